The summed E-state index contributed by atoms with van der Waals surface area (Å²) in [7, 11) is 0. The van der Waals surface area contributed by atoms with Gasteiger partial charge in [0.15, 0.2) is 0 Å². The molecule has 0 nitrogen and oxygen atoms in total. The van der Waals surface area contributed by atoms with Gasteiger partial charge in [-0.1, -0.05) is 66.2 Å². The lowest BCUT2D eigenvalue weighted by Gasteiger charge is -2.13. The van der Waals surface area contributed by atoms with Crippen LogP contribution in [0.4, 0.5) is 0 Å². The number of hydrogen-bond donors (Lipinski definition) is 0. The highest BCUT2D eigenvalue weighted by atomic mass is 35.5. The number of fused-ring (bicyclic) bond motifs is 1. The van der Waals surface area contributed by atoms with Gasteiger partial charge in [0.05, 0.1) is 5.38 Å². The van der Waals surface area contributed by atoms with Gasteiger partial charge in [0, 0.05) is 5.02 Å². The van der Waals surface area contributed by atoms with E-state index < -0.39 is 0 Å². The average molecular weight is 301 g/mol. The molecule has 0 aliphatic rings. The Morgan fingerprint density at radius 3 is 2.30 bits per heavy atom. The average Bonchev–Trinajstić information content (AvgIpc) is 2.49. The van der Waals surface area contributed by atoms with E-state index in [1.807, 2.05) is 24.3 Å². The van der Waals surface area contributed by atoms with Gasteiger partial charge in [-0.15, -0.1) is 11.6 Å². The van der Waals surface area contributed by atoms with Crippen molar-refractivity contribution in [2.24, 2.45) is 0 Å². The van der Waals surface area contributed by atoms with Crippen molar-refractivity contribution in [1.82, 2.24) is 0 Å². The lowest BCUT2D eigenvalue weighted by atomic mass is 9.98. The Labute approximate surface area is 129 Å². The SMILES string of the molecule is Clc1ccc(CC(Cl)c2cccc3ccccc23)cc1. The summed E-state index contributed by atoms with van der Waals surface area (Å²) in [5, 5.41) is 3.17. The topological polar surface area (TPSA) is 0 Å². The molecule has 0 saturated carbocycles. The van der Waals surface area contributed by atoms with Crippen LogP contribution in [0.2, 0.25) is 5.02 Å². The number of halogens is 2. The summed E-state index contributed by atoms with van der Waals surface area (Å²) >= 11 is 12.5. The number of alkyl halides is 1. The lowest BCUT2D eigenvalue weighted by molar-refractivity contribution is 0.928. The highest BCUT2D eigenvalue weighted by molar-refractivity contribution is 6.30. The minimum atomic E-state index is -0.0396. The molecule has 0 aliphatic carbocycles. The van der Waals surface area contributed by atoms with E-state index in [-0.39, 0.29) is 5.38 Å². The molecule has 1 atom stereocenters. The molecule has 0 amide bonds. The monoisotopic (exact) mass is 300 g/mol. The van der Waals surface area contributed by atoms with E-state index in [2.05, 4.69) is 42.5 Å². The summed E-state index contributed by atoms with van der Waals surface area (Å²) in [6.07, 6.45) is 0.798. The van der Waals surface area contributed by atoms with Crippen molar-refractivity contribution >= 4 is 34.0 Å². The van der Waals surface area contributed by atoms with Crippen molar-refractivity contribution in [2.75, 3.05) is 0 Å². The largest absolute Gasteiger partial charge is 0.117 e. The fourth-order valence-corrected chi connectivity index (χ4v) is 2.96. The molecule has 2 heteroatoms. The maximum absolute atomic E-state index is 6.63. The van der Waals surface area contributed by atoms with E-state index in [1.165, 1.54) is 21.9 Å². The minimum Gasteiger partial charge on any atom is -0.117 e. The van der Waals surface area contributed by atoms with Gasteiger partial charge in [-0.3, -0.25) is 0 Å². The Balaban J connectivity index is 1.92. The molecule has 0 aliphatic heterocycles. The van der Waals surface area contributed by atoms with E-state index in [0.717, 1.165) is 11.4 Å². The Hall–Kier alpha value is -1.50. The van der Waals surface area contributed by atoms with Gasteiger partial charge in [-0.2, -0.15) is 0 Å². The molecule has 0 saturated heterocycles. The summed E-state index contributed by atoms with van der Waals surface area (Å²) in [6, 6.07) is 22.5. The van der Waals surface area contributed by atoms with Gasteiger partial charge in [0.25, 0.3) is 0 Å². The first-order valence-corrected chi connectivity index (χ1v) is 7.41. The van der Waals surface area contributed by atoms with Gasteiger partial charge in [0.2, 0.25) is 0 Å². The maximum Gasteiger partial charge on any atom is 0.0631 e. The molecule has 0 bridgehead atoms. The van der Waals surface area contributed by atoms with Crippen LogP contribution in [-0.2, 0) is 6.42 Å². The molecule has 0 radical (unpaired) electrons. The first-order chi connectivity index (χ1) is 9.74. The van der Waals surface area contributed by atoms with Crippen molar-refractivity contribution < 1.29 is 0 Å². The first-order valence-electron chi connectivity index (χ1n) is 6.60. The molecule has 1 unspecified atom stereocenters. The van der Waals surface area contributed by atoms with E-state index in [9.17, 15) is 0 Å². The zero-order valence-corrected chi connectivity index (χ0v) is 12.4. The summed E-state index contributed by atoms with van der Waals surface area (Å²) in [4.78, 5) is 0. The molecule has 20 heavy (non-hydrogen) atoms. The van der Waals surface area contributed by atoms with Crippen LogP contribution in [0.3, 0.4) is 0 Å². The van der Waals surface area contributed by atoms with Crippen LogP contribution < -0.4 is 0 Å². The van der Waals surface area contributed by atoms with E-state index in [4.69, 9.17) is 23.2 Å². The van der Waals surface area contributed by atoms with Crippen LogP contribution in [0.15, 0.2) is 66.7 Å². The number of hydrogen-bond acceptors (Lipinski definition) is 0. The number of rotatable bonds is 3. The normalized spacial score (nSPS) is 12.5. The fourth-order valence-electron chi connectivity index (χ4n) is 2.46. The van der Waals surface area contributed by atoms with Gasteiger partial charge < -0.3 is 0 Å². The van der Waals surface area contributed by atoms with Crippen molar-refractivity contribution in [3.8, 4) is 0 Å². The third-order valence-corrected chi connectivity index (χ3v) is 4.13. The molecule has 3 aromatic rings. The summed E-state index contributed by atoms with van der Waals surface area (Å²) in [6.45, 7) is 0. The van der Waals surface area contributed by atoms with Crippen LogP contribution in [0.1, 0.15) is 16.5 Å². The maximum atomic E-state index is 6.63. The van der Waals surface area contributed by atoms with Gasteiger partial charge in [-0.25, -0.2) is 0 Å². The van der Waals surface area contributed by atoms with Crippen LogP contribution in [0.25, 0.3) is 10.8 Å². The standard InChI is InChI=1S/C18H14Cl2/c19-15-10-8-13(9-11-15)12-18(20)17-7-3-5-14-4-1-2-6-16(14)17/h1-11,18H,12H2. The molecule has 3 rings (SSSR count). The van der Waals surface area contributed by atoms with Crippen LogP contribution >= 0.6 is 23.2 Å². The zero-order valence-electron chi connectivity index (χ0n) is 10.9. The van der Waals surface area contributed by atoms with Gasteiger partial charge >= 0.3 is 0 Å². The third kappa shape index (κ3) is 2.82. The molecule has 0 spiro atoms. The highest BCUT2D eigenvalue weighted by Crippen LogP contribution is 2.31. The molecule has 3 aromatic carbocycles. The molecular weight excluding hydrogens is 287 g/mol. The molecule has 0 heterocycles. The Kier molecular flexibility index (Phi) is 3.95. The second-order valence-electron chi connectivity index (χ2n) is 4.87. The van der Waals surface area contributed by atoms with E-state index in [1.54, 1.807) is 0 Å². The Morgan fingerprint density at radius 2 is 1.50 bits per heavy atom. The number of benzene rings is 3. The summed E-state index contributed by atoms with van der Waals surface area (Å²) < 4.78 is 0. The van der Waals surface area contributed by atoms with Crippen molar-refractivity contribution in [3.05, 3.63) is 82.9 Å². The zero-order chi connectivity index (χ0) is 13.9. The predicted octanol–water partition coefficient (Wildman–Crippen LogP) is 6.02. The highest BCUT2D eigenvalue weighted by Gasteiger charge is 2.12. The van der Waals surface area contributed by atoms with E-state index in [0.29, 0.717) is 0 Å². The van der Waals surface area contributed by atoms with Crippen LogP contribution in [0, 0.1) is 0 Å². The quantitative estimate of drug-likeness (QED) is 0.519. The summed E-state index contributed by atoms with van der Waals surface area (Å²) in [5.74, 6) is 0. The second kappa shape index (κ2) is 5.87. The Bertz CT molecular complexity index is 712. The van der Waals surface area contributed by atoms with Gasteiger partial charge in [0.1, 0.15) is 0 Å². The minimum absolute atomic E-state index is 0.0396. The van der Waals surface area contributed by atoms with E-state index >= 15 is 0 Å². The summed E-state index contributed by atoms with van der Waals surface area (Å²) in [5.41, 5.74) is 2.38. The lowest BCUT2D eigenvalue weighted by Crippen LogP contribution is -1.97. The Morgan fingerprint density at radius 1 is 0.800 bits per heavy atom. The third-order valence-electron chi connectivity index (χ3n) is 3.49. The smallest absolute Gasteiger partial charge is 0.0631 e. The molecule has 0 N–H and O–H groups in total. The fraction of sp³-hybridized carbons (Fsp3) is 0.111. The second-order valence-corrected chi connectivity index (χ2v) is 5.83. The molecule has 0 aromatic heterocycles. The van der Waals surface area contributed by atoms with Crippen molar-refractivity contribution in [1.29, 1.82) is 0 Å². The first kappa shape index (κ1) is 13.5. The molecular formula is C18H14Cl2. The predicted molar refractivity (Wildman–Crippen MR) is 87.7 cm³/mol. The molecule has 0 fully saturated rings. The van der Waals surface area contributed by atoms with Gasteiger partial charge in [-0.05, 0) is 40.5 Å². The van der Waals surface area contributed by atoms with Crippen molar-refractivity contribution in [2.45, 2.75) is 11.8 Å². The van der Waals surface area contributed by atoms with Crippen molar-refractivity contribution in [3.63, 3.8) is 0 Å². The molecule has 100 valence electrons. The van der Waals surface area contributed by atoms with Crippen LogP contribution in [-0.4, -0.2) is 0 Å². The van der Waals surface area contributed by atoms with Crippen LogP contribution in [0.5, 0.6) is 0 Å².